The van der Waals surface area contributed by atoms with Crippen molar-refractivity contribution in [1.29, 1.82) is 5.26 Å². The van der Waals surface area contributed by atoms with Gasteiger partial charge < -0.3 is 4.42 Å². The van der Waals surface area contributed by atoms with Gasteiger partial charge in [-0.2, -0.15) is 9.57 Å². The molecule has 144 valence electrons. The van der Waals surface area contributed by atoms with E-state index in [-0.39, 0.29) is 10.9 Å². The number of hydrogen-bond donors (Lipinski definition) is 0. The highest BCUT2D eigenvalue weighted by Crippen LogP contribution is 2.26. The van der Waals surface area contributed by atoms with Gasteiger partial charge in [0.25, 0.3) is 0 Å². The van der Waals surface area contributed by atoms with Crippen LogP contribution in [0.2, 0.25) is 0 Å². The van der Waals surface area contributed by atoms with Crippen molar-refractivity contribution in [3.05, 3.63) is 60.0 Å². The summed E-state index contributed by atoms with van der Waals surface area (Å²) in [7, 11) is -3.56. The number of rotatable bonds is 4. The third-order valence-corrected chi connectivity index (χ3v) is 7.02. The van der Waals surface area contributed by atoms with Gasteiger partial charge in [-0.3, -0.25) is 4.90 Å². The summed E-state index contributed by atoms with van der Waals surface area (Å²) in [5, 5.41) is 8.87. The molecular weight excluding hydrogens is 376 g/mol. The van der Waals surface area contributed by atoms with Crippen LogP contribution in [0.3, 0.4) is 0 Å². The lowest BCUT2D eigenvalue weighted by atomic mass is 10.2. The molecule has 1 aromatic heterocycles. The summed E-state index contributed by atoms with van der Waals surface area (Å²) in [4.78, 5) is 6.94. The van der Waals surface area contributed by atoms with Crippen molar-refractivity contribution in [2.24, 2.45) is 0 Å². The van der Waals surface area contributed by atoms with Crippen LogP contribution in [0.1, 0.15) is 24.4 Å². The molecule has 2 heterocycles. The van der Waals surface area contributed by atoms with Crippen molar-refractivity contribution in [3.8, 4) is 6.07 Å². The molecule has 0 N–H and O–H groups in total. The smallest absolute Gasteiger partial charge is 0.243 e. The van der Waals surface area contributed by atoms with Crippen molar-refractivity contribution in [2.45, 2.75) is 17.9 Å². The first-order valence-electron chi connectivity index (χ1n) is 9.09. The van der Waals surface area contributed by atoms with Gasteiger partial charge in [0.2, 0.25) is 15.9 Å². The van der Waals surface area contributed by atoms with E-state index in [0.29, 0.717) is 37.6 Å². The van der Waals surface area contributed by atoms with Crippen LogP contribution in [0, 0.1) is 11.3 Å². The normalized spacial score (nSPS) is 17.4. The number of hydrogen-bond acceptors (Lipinski definition) is 6. The number of sulfonamides is 1. The summed E-state index contributed by atoms with van der Waals surface area (Å²) >= 11 is 0. The zero-order valence-electron chi connectivity index (χ0n) is 15.4. The standard InChI is InChI=1S/C20H20N4O3S/c1-15(20-22-18-4-2-3-5-19(18)27-20)23-10-12-24(13-11-23)28(25,26)17-8-6-16(14-21)7-9-17/h2-9,15H,10-13H2,1H3/t15-/m0/s1. The zero-order chi connectivity index (χ0) is 19.7. The maximum atomic E-state index is 12.8. The van der Waals surface area contributed by atoms with Gasteiger partial charge in [-0.1, -0.05) is 12.1 Å². The molecule has 2 aromatic carbocycles. The lowest BCUT2D eigenvalue weighted by Crippen LogP contribution is -2.49. The Bertz CT molecular complexity index is 1090. The number of piperazine rings is 1. The first-order valence-corrected chi connectivity index (χ1v) is 10.5. The summed E-state index contributed by atoms with van der Waals surface area (Å²) in [6, 6.07) is 15.6. The van der Waals surface area contributed by atoms with Gasteiger partial charge >= 0.3 is 0 Å². The Labute approximate surface area is 163 Å². The van der Waals surface area contributed by atoms with Gasteiger partial charge in [-0.05, 0) is 43.3 Å². The Morgan fingerprint density at radius 2 is 1.75 bits per heavy atom. The van der Waals surface area contributed by atoms with Gasteiger partial charge in [0.1, 0.15) is 5.52 Å². The van der Waals surface area contributed by atoms with E-state index >= 15 is 0 Å². The minimum atomic E-state index is -3.56. The second-order valence-corrected chi connectivity index (χ2v) is 8.71. The van der Waals surface area contributed by atoms with E-state index in [1.165, 1.54) is 28.6 Å². The molecule has 0 radical (unpaired) electrons. The molecular formula is C20H20N4O3S. The van der Waals surface area contributed by atoms with Crippen molar-refractivity contribution in [1.82, 2.24) is 14.2 Å². The SMILES string of the molecule is C[C@@H](c1nc2ccccc2o1)N1CCN(S(=O)(=O)c2ccc(C#N)cc2)CC1. The summed E-state index contributed by atoms with van der Waals surface area (Å²) in [6.45, 7) is 4.00. The minimum Gasteiger partial charge on any atom is -0.439 e. The quantitative estimate of drug-likeness (QED) is 0.674. The number of nitrogens with zero attached hydrogens (tertiary/aromatic N) is 4. The Morgan fingerprint density at radius 3 is 2.39 bits per heavy atom. The molecule has 0 unspecified atom stereocenters. The van der Waals surface area contributed by atoms with Gasteiger partial charge in [0.15, 0.2) is 5.58 Å². The number of nitriles is 1. The number of para-hydroxylation sites is 2. The van der Waals surface area contributed by atoms with E-state index in [1.807, 2.05) is 37.3 Å². The number of aromatic nitrogens is 1. The second kappa shape index (κ2) is 7.36. The first kappa shape index (κ1) is 18.6. The highest BCUT2D eigenvalue weighted by Gasteiger charge is 2.31. The van der Waals surface area contributed by atoms with Gasteiger partial charge in [-0.15, -0.1) is 0 Å². The molecule has 8 heteroatoms. The third kappa shape index (κ3) is 3.40. The zero-order valence-corrected chi connectivity index (χ0v) is 16.3. The molecule has 1 fully saturated rings. The third-order valence-electron chi connectivity index (χ3n) is 5.11. The van der Waals surface area contributed by atoms with Crippen LogP contribution < -0.4 is 0 Å². The fourth-order valence-corrected chi connectivity index (χ4v) is 4.83. The molecule has 0 bridgehead atoms. The molecule has 1 aliphatic rings. The molecule has 1 aliphatic heterocycles. The predicted octanol–water partition coefficient (Wildman–Crippen LogP) is 2.77. The molecule has 3 aromatic rings. The number of fused-ring (bicyclic) bond motifs is 1. The largest absolute Gasteiger partial charge is 0.439 e. The number of benzene rings is 2. The van der Waals surface area contributed by atoms with E-state index in [4.69, 9.17) is 9.68 Å². The highest BCUT2D eigenvalue weighted by atomic mass is 32.2. The average molecular weight is 396 g/mol. The maximum absolute atomic E-state index is 12.8. The Morgan fingerprint density at radius 1 is 1.07 bits per heavy atom. The predicted molar refractivity (Wildman–Crippen MR) is 104 cm³/mol. The van der Waals surface area contributed by atoms with Crippen LogP contribution in [-0.2, 0) is 10.0 Å². The molecule has 0 aliphatic carbocycles. The van der Waals surface area contributed by atoms with Gasteiger partial charge in [-0.25, -0.2) is 13.4 Å². The average Bonchev–Trinajstić information content (AvgIpc) is 3.17. The Kier molecular flexibility index (Phi) is 4.89. The molecule has 1 saturated heterocycles. The maximum Gasteiger partial charge on any atom is 0.243 e. The van der Waals surface area contributed by atoms with Crippen LogP contribution in [0.4, 0.5) is 0 Å². The summed E-state index contributed by atoms with van der Waals surface area (Å²) in [6.07, 6.45) is 0. The Hall–Kier alpha value is -2.73. The van der Waals surface area contributed by atoms with Crippen LogP contribution in [0.25, 0.3) is 11.1 Å². The van der Waals surface area contributed by atoms with Crippen LogP contribution in [0.5, 0.6) is 0 Å². The van der Waals surface area contributed by atoms with Crippen molar-refractivity contribution >= 4 is 21.1 Å². The van der Waals surface area contributed by atoms with Crippen LogP contribution >= 0.6 is 0 Å². The van der Waals surface area contributed by atoms with E-state index in [0.717, 1.165) is 11.1 Å². The monoisotopic (exact) mass is 396 g/mol. The van der Waals surface area contributed by atoms with Gasteiger partial charge in [0, 0.05) is 26.2 Å². The lowest BCUT2D eigenvalue weighted by molar-refractivity contribution is 0.130. The molecule has 0 saturated carbocycles. The topological polar surface area (TPSA) is 90.4 Å². The Balaban J connectivity index is 1.45. The molecule has 7 nitrogen and oxygen atoms in total. The van der Waals surface area contributed by atoms with Crippen LogP contribution in [0.15, 0.2) is 57.8 Å². The molecule has 0 amide bonds. The minimum absolute atomic E-state index is 0.0350. The summed E-state index contributed by atoms with van der Waals surface area (Å²) < 4.78 is 33.0. The number of oxazole rings is 1. The van der Waals surface area contributed by atoms with E-state index in [9.17, 15) is 8.42 Å². The van der Waals surface area contributed by atoms with E-state index in [1.54, 1.807) is 0 Å². The van der Waals surface area contributed by atoms with Crippen molar-refractivity contribution < 1.29 is 12.8 Å². The second-order valence-electron chi connectivity index (χ2n) is 6.77. The molecule has 4 rings (SSSR count). The first-order chi connectivity index (χ1) is 13.5. The van der Waals surface area contributed by atoms with E-state index < -0.39 is 10.0 Å². The van der Waals surface area contributed by atoms with Crippen LogP contribution in [-0.4, -0.2) is 48.8 Å². The van der Waals surface area contributed by atoms with Crippen molar-refractivity contribution in [3.63, 3.8) is 0 Å². The molecule has 28 heavy (non-hydrogen) atoms. The van der Waals surface area contributed by atoms with Crippen molar-refractivity contribution in [2.75, 3.05) is 26.2 Å². The molecule has 1 atom stereocenters. The highest BCUT2D eigenvalue weighted by molar-refractivity contribution is 7.89. The lowest BCUT2D eigenvalue weighted by Gasteiger charge is -2.36. The van der Waals surface area contributed by atoms with Gasteiger partial charge in [0.05, 0.1) is 22.6 Å². The fourth-order valence-electron chi connectivity index (χ4n) is 3.41. The molecule has 0 spiro atoms. The fraction of sp³-hybridized carbons (Fsp3) is 0.300. The summed E-state index contributed by atoms with van der Waals surface area (Å²) in [5.41, 5.74) is 2.02. The van der Waals surface area contributed by atoms with E-state index in [2.05, 4.69) is 9.88 Å². The summed E-state index contributed by atoms with van der Waals surface area (Å²) in [5.74, 6) is 0.643.